The number of aromatic nitrogens is 1. The van der Waals surface area contributed by atoms with Gasteiger partial charge in [-0.05, 0) is 84.1 Å². The first-order valence-electron chi connectivity index (χ1n) is 14.5. The van der Waals surface area contributed by atoms with Gasteiger partial charge in [0.2, 0.25) is 0 Å². The predicted molar refractivity (Wildman–Crippen MR) is 179 cm³/mol. The summed E-state index contributed by atoms with van der Waals surface area (Å²) in [5, 5.41) is 11.8. The molecular weight excluding hydrogens is 615 g/mol. The van der Waals surface area contributed by atoms with E-state index in [0.29, 0.717) is 36.9 Å². The van der Waals surface area contributed by atoms with E-state index < -0.39 is 18.1 Å². The number of carboxylic acids is 1. The van der Waals surface area contributed by atoms with Gasteiger partial charge in [-0.3, -0.25) is 23.9 Å². The number of benzene rings is 3. The highest BCUT2D eigenvalue weighted by molar-refractivity contribution is 8.30. The van der Waals surface area contributed by atoms with Crippen molar-refractivity contribution in [2.24, 2.45) is 0 Å². The van der Waals surface area contributed by atoms with Gasteiger partial charge < -0.3 is 14.7 Å². The Balaban J connectivity index is 1.32. The maximum Gasteiger partial charge on any atom is 0.323 e. The van der Waals surface area contributed by atoms with E-state index in [1.54, 1.807) is 7.11 Å². The minimum Gasteiger partial charge on any atom is -0.497 e. The second-order valence-corrected chi connectivity index (χ2v) is 13.8. The number of anilines is 2. The number of thiocarbonyl (C=S) groups is 1. The fourth-order valence-corrected chi connectivity index (χ4v) is 9.35. The first kappa shape index (κ1) is 28.8. The van der Waals surface area contributed by atoms with Crippen molar-refractivity contribution < 1.29 is 19.4 Å². The second kappa shape index (κ2) is 11.2. The molecule has 7 rings (SSSR count). The quantitative estimate of drug-likeness (QED) is 0.301. The average molecular weight is 644 g/mol. The summed E-state index contributed by atoms with van der Waals surface area (Å²) in [6, 6.07) is 19.4. The Kier molecular flexibility index (Phi) is 7.34. The SMILES string of the molecule is CCN1C(=O)C(=c2sc(=Cc3ccc4c(c3)C3CCCC3N4c3ccc4cc(OC)ccc4c3)c(=O)n2CC(=O)O)SC1=S. The summed E-state index contributed by atoms with van der Waals surface area (Å²) in [4.78, 5) is 42.5. The van der Waals surface area contributed by atoms with Crippen LogP contribution in [0.2, 0.25) is 0 Å². The largest absolute Gasteiger partial charge is 0.497 e. The minimum atomic E-state index is -1.15. The number of carboxylic acid groups (broad SMARTS) is 1. The molecule has 0 radical (unpaired) electrons. The van der Waals surface area contributed by atoms with Crippen LogP contribution in [-0.2, 0) is 16.1 Å². The molecule has 1 aromatic heterocycles. The van der Waals surface area contributed by atoms with Crippen LogP contribution in [0.5, 0.6) is 5.75 Å². The van der Waals surface area contributed by atoms with Gasteiger partial charge in [-0.2, -0.15) is 0 Å². The molecule has 1 saturated heterocycles. The molecule has 1 saturated carbocycles. The van der Waals surface area contributed by atoms with E-state index in [9.17, 15) is 19.5 Å². The molecule has 3 aliphatic rings. The van der Waals surface area contributed by atoms with Crippen molar-refractivity contribution in [3.8, 4) is 5.75 Å². The molecule has 1 aliphatic carbocycles. The van der Waals surface area contributed by atoms with Gasteiger partial charge in [0.05, 0.1) is 11.6 Å². The molecule has 3 aromatic carbocycles. The van der Waals surface area contributed by atoms with Crippen molar-refractivity contribution in [3.63, 3.8) is 0 Å². The van der Waals surface area contributed by atoms with Crippen LogP contribution < -0.4 is 24.4 Å². The molecule has 0 bridgehead atoms. The van der Waals surface area contributed by atoms with Gasteiger partial charge >= 0.3 is 5.97 Å². The number of amides is 1. The van der Waals surface area contributed by atoms with Crippen LogP contribution >= 0.6 is 35.3 Å². The van der Waals surface area contributed by atoms with Crippen molar-refractivity contribution in [1.82, 2.24) is 9.47 Å². The summed E-state index contributed by atoms with van der Waals surface area (Å²) in [7, 11) is 1.68. The van der Waals surface area contributed by atoms with Crippen LogP contribution in [-0.4, -0.2) is 50.5 Å². The second-order valence-electron chi connectivity index (χ2n) is 11.1. The van der Waals surface area contributed by atoms with E-state index in [-0.39, 0.29) is 5.91 Å². The highest BCUT2D eigenvalue weighted by atomic mass is 32.2. The maximum absolute atomic E-state index is 13.5. The molecule has 44 heavy (non-hydrogen) atoms. The number of nitrogens with zero attached hydrogens (tertiary/aromatic N) is 3. The first-order chi connectivity index (χ1) is 21.3. The zero-order valence-corrected chi connectivity index (χ0v) is 26.6. The molecule has 1 N–H and O–H groups in total. The summed E-state index contributed by atoms with van der Waals surface area (Å²) in [5.74, 6) is -0.229. The Morgan fingerprint density at radius 3 is 2.64 bits per heavy atom. The van der Waals surface area contributed by atoms with E-state index in [4.69, 9.17) is 17.0 Å². The number of carbonyl (C=O) groups is 2. The van der Waals surface area contributed by atoms with E-state index in [2.05, 4.69) is 41.3 Å². The van der Waals surface area contributed by atoms with Gasteiger partial charge in [-0.15, -0.1) is 11.3 Å². The Morgan fingerprint density at radius 2 is 1.89 bits per heavy atom. The fraction of sp³-hybridized carbons (Fsp3) is 0.273. The van der Waals surface area contributed by atoms with Crippen molar-refractivity contribution in [2.45, 2.75) is 44.7 Å². The number of fused-ring (bicyclic) bond motifs is 4. The van der Waals surface area contributed by atoms with E-state index in [1.165, 1.54) is 20.7 Å². The summed E-state index contributed by atoms with van der Waals surface area (Å²) >= 11 is 7.61. The van der Waals surface area contributed by atoms with Crippen LogP contribution in [0, 0.1) is 0 Å². The van der Waals surface area contributed by atoms with E-state index in [0.717, 1.165) is 70.1 Å². The molecule has 2 fully saturated rings. The number of hydrogen-bond acceptors (Lipinski definition) is 8. The van der Waals surface area contributed by atoms with Crippen LogP contribution in [0.3, 0.4) is 0 Å². The molecule has 1 amide bonds. The molecule has 8 nitrogen and oxygen atoms in total. The van der Waals surface area contributed by atoms with Crippen LogP contribution in [0.15, 0.2) is 59.4 Å². The van der Waals surface area contributed by atoms with Crippen LogP contribution in [0.1, 0.15) is 43.2 Å². The third-order valence-corrected chi connectivity index (χ3v) is 11.4. The number of rotatable bonds is 6. The number of carbonyl (C=O) groups excluding carboxylic acids is 1. The topological polar surface area (TPSA) is 92.1 Å². The third kappa shape index (κ3) is 4.74. The van der Waals surface area contributed by atoms with Gasteiger partial charge in [-0.25, -0.2) is 0 Å². The molecule has 11 heteroatoms. The average Bonchev–Trinajstić information content (AvgIpc) is 3.75. The minimum absolute atomic E-state index is 0.298. The number of methoxy groups -OCH3 is 1. The zero-order chi connectivity index (χ0) is 30.7. The molecule has 224 valence electrons. The number of ether oxygens (including phenoxy) is 1. The molecule has 0 spiro atoms. The zero-order valence-electron chi connectivity index (χ0n) is 24.1. The van der Waals surface area contributed by atoms with Crippen LogP contribution in [0.25, 0.3) is 21.8 Å². The summed E-state index contributed by atoms with van der Waals surface area (Å²) < 4.78 is 7.69. The van der Waals surface area contributed by atoms with E-state index >= 15 is 0 Å². The molecule has 2 unspecified atom stereocenters. The molecule has 3 heterocycles. The Labute approximate surface area is 266 Å². The number of hydrogen-bond donors (Lipinski definition) is 1. The van der Waals surface area contributed by atoms with Gasteiger partial charge in [0, 0.05) is 29.9 Å². The van der Waals surface area contributed by atoms with Crippen molar-refractivity contribution in [3.05, 3.63) is 85.3 Å². The molecule has 2 aliphatic heterocycles. The lowest BCUT2D eigenvalue weighted by atomic mass is 9.96. The van der Waals surface area contributed by atoms with Gasteiger partial charge in [-0.1, -0.05) is 48.6 Å². The number of thioether (sulfide) groups is 1. The Bertz CT molecular complexity index is 2070. The Morgan fingerprint density at radius 1 is 1.09 bits per heavy atom. The van der Waals surface area contributed by atoms with Gasteiger partial charge in [0.1, 0.15) is 26.2 Å². The summed E-state index contributed by atoms with van der Waals surface area (Å²) in [6.45, 7) is 1.70. The lowest BCUT2D eigenvalue weighted by molar-refractivity contribution is -0.137. The maximum atomic E-state index is 13.5. The standard InChI is InChI=1S/C33H29N3O5S3/c1-3-34-31(40)29(44-33(34)42)32-35(17-28(37)38)30(39)27(43-32)14-18-7-12-26-24(13-18)23-5-4-6-25(23)36(26)21-10-8-20-16-22(41-2)11-9-19(20)15-21/h7-16,23,25H,3-6,17H2,1-2H3,(H,37,38). The lowest BCUT2D eigenvalue weighted by Crippen LogP contribution is -2.35. The Hall–Kier alpha value is -3.93. The van der Waals surface area contributed by atoms with E-state index in [1.807, 2.05) is 31.2 Å². The first-order valence-corrected chi connectivity index (χ1v) is 16.5. The molecule has 4 aromatic rings. The number of thiazole rings is 1. The van der Waals surface area contributed by atoms with Crippen LogP contribution in [0.4, 0.5) is 11.4 Å². The highest BCUT2D eigenvalue weighted by Gasteiger charge is 2.42. The monoisotopic (exact) mass is 643 g/mol. The molecular formula is C33H29N3O5S3. The number of aliphatic carboxylic acids is 1. The fourth-order valence-electron chi connectivity index (χ4n) is 6.71. The van der Waals surface area contributed by atoms with Crippen molar-refractivity contribution >= 4 is 84.6 Å². The lowest BCUT2D eigenvalue weighted by Gasteiger charge is -2.27. The summed E-state index contributed by atoms with van der Waals surface area (Å²) in [6.07, 6.45) is 5.17. The van der Waals surface area contributed by atoms with Gasteiger partial charge in [0.15, 0.2) is 0 Å². The molecule has 2 atom stereocenters. The van der Waals surface area contributed by atoms with Crippen molar-refractivity contribution in [1.29, 1.82) is 0 Å². The summed E-state index contributed by atoms with van der Waals surface area (Å²) in [5.41, 5.74) is 4.04. The normalized spacial score (nSPS) is 21.0. The highest BCUT2D eigenvalue weighted by Crippen LogP contribution is 2.52. The van der Waals surface area contributed by atoms with Crippen molar-refractivity contribution in [2.75, 3.05) is 18.6 Å². The van der Waals surface area contributed by atoms with Gasteiger partial charge in [0.25, 0.3) is 11.5 Å². The third-order valence-electron chi connectivity index (χ3n) is 8.69. The predicted octanol–water partition coefficient (Wildman–Crippen LogP) is 4.76. The smallest absolute Gasteiger partial charge is 0.323 e.